The van der Waals surface area contributed by atoms with Crippen molar-refractivity contribution in [3.05, 3.63) is 80.5 Å². The van der Waals surface area contributed by atoms with Gasteiger partial charge in [-0.05, 0) is 30.3 Å². The number of hydrogen-bond acceptors (Lipinski definition) is 7. The lowest BCUT2D eigenvalue weighted by Crippen LogP contribution is -2.42. The molecule has 1 amide bonds. The molecular weight excluding hydrogens is 426 g/mol. The minimum absolute atomic E-state index is 0.0294. The van der Waals surface area contributed by atoms with Crippen LogP contribution in [0, 0.1) is 0 Å². The number of carbonyl (C=O) groups is 1. The number of nitrogen functional groups attached to an aromatic ring is 1. The fourth-order valence-corrected chi connectivity index (χ4v) is 3.69. The Morgan fingerprint density at radius 1 is 1.06 bits per heavy atom. The largest absolute Gasteiger partial charge is 0.454 e. The Balaban J connectivity index is 1.50. The van der Waals surface area contributed by atoms with Crippen LogP contribution in [0.1, 0.15) is 11.1 Å². The summed E-state index contributed by atoms with van der Waals surface area (Å²) in [5.74, 6) is 0.948. The first kappa shape index (κ1) is 22.2. The Labute approximate surface area is 189 Å². The quantitative estimate of drug-likeness (QED) is 0.549. The van der Waals surface area contributed by atoms with E-state index < -0.39 is 11.2 Å². The summed E-state index contributed by atoms with van der Waals surface area (Å²) in [5, 5.41) is 0. The highest BCUT2D eigenvalue weighted by Gasteiger charge is 2.22. The molecule has 0 spiro atoms. The summed E-state index contributed by atoms with van der Waals surface area (Å²) in [7, 11) is 3.26. The van der Waals surface area contributed by atoms with E-state index in [1.54, 1.807) is 11.9 Å². The summed E-state index contributed by atoms with van der Waals surface area (Å²) in [6.45, 7) is 0.874. The highest BCUT2D eigenvalue weighted by Crippen LogP contribution is 2.32. The van der Waals surface area contributed by atoms with Gasteiger partial charge in [0.1, 0.15) is 5.82 Å². The average molecular weight is 451 g/mol. The highest BCUT2D eigenvalue weighted by molar-refractivity contribution is 5.96. The smallest absolute Gasteiger partial charge is 0.330 e. The number of carbonyl (C=O) groups excluding carboxylic acids is 1. The van der Waals surface area contributed by atoms with E-state index in [4.69, 9.17) is 15.2 Å². The number of benzene rings is 2. The van der Waals surface area contributed by atoms with Gasteiger partial charge in [0.2, 0.25) is 12.7 Å². The first-order valence-corrected chi connectivity index (χ1v) is 10.3. The third-order valence-corrected chi connectivity index (χ3v) is 5.40. The van der Waals surface area contributed by atoms with Crippen molar-refractivity contribution in [3.63, 3.8) is 0 Å². The summed E-state index contributed by atoms with van der Waals surface area (Å²) in [6.07, 6.45) is 0. The molecule has 0 saturated carbocycles. The van der Waals surface area contributed by atoms with Crippen molar-refractivity contribution in [2.45, 2.75) is 13.1 Å². The van der Waals surface area contributed by atoms with Crippen molar-refractivity contribution < 1.29 is 14.3 Å². The summed E-state index contributed by atoms with van der Waals surface area (Å²) in [6, 6.07) is 14.8. The zero-order chi connectivity index (χ0) is 23.5. The molecule has 10 heteroatoms. The van der Waals surface area contributed by atoms with Gasteiger partial charge in [-0.25, -0.2) is 4.79 Å². The second-order valence-electron chi connectivity index (χ2n) is 7.88. The lowest BCUT2D eigenvalue weighted by Gasteiger charge is -2.23. The van der Waals surface area contributed by atoms with Crippen molar-refractivity contribution in [3.8, 4) is 11.5 Å². The summed E-state index contributed by atoms with van der Waals surface area (Å²) >= 11 is 0. The second kappa shape index (κ2) is 9.21. The molecule has 1 aromatic heterocycles. The number of ether oxygens (including phenoxy) is 2. The maximum Gasteiger partial charge on any atom is 0.330 e. The van der Waals surface area contributed by atoms with Crippen molar-refractivity contribution in [1.82, 2.24) is 14.5 Å². The van der Waals surface area contributed by atoms with Crippen molar-refractivity contribution in [1.29, 1.82) is 0 Å². The van der Waals surface area contributed by atoms with Crippen LogP contribution in [0.5, 0.6) is 11.5 Å². The minimum atomic E-state index is -0.712. The van der Waals surface area contributed by atoms with E-state index in [2.05, 4.69) is 4.98 Å². The fourth-order valence-electron chi connectivity index (χ4n) is 3.69. The zero-order valence-corrected chi connectivity index (χ0v) is 18.4. The highest BCUT2D eigenvalue weighted by atomic mass is 16.7. The predicted octanol–water partition coefficient (Wildman–Crippen LogP) is 0.991. The number of hydrogen-bond donors (Lipinski definition) is 2. The van der Waals surface area contributed by atoms with Gasteiger partial charge in [-0.3, -0.25) is 24.0 Å². The number of nitrogens with one attached hydrogen (secondary N) is 1. The van der Waals surface area contributed by atoms with E-state index in [1.165, 1.54) is 16.5 Å². The lowest BCUT2D eigenvalue weighted by molar-refractivity contribution is -0.119. The lowest BCUT2D eigenvalue weighted by atomic mass is 10.2. The number of aromatic amines is 1. The molecule has 10 nitrogen and oxygen atoms in total. The van der Waals surface area contributed by atoms with Gasteiger partial charge >= 0.3 is 5.69 Å². The third kappa shape index (κ3) is 4.75. The van der Waals surface area contributed by atoms with Gasteiger partial charge in [0, 0.05) is 13.6 Å². The predicted molar refractivity (Wildman–Crippen MR) is 124 cm³/mol. The number of likely N-dealkylation sites (N-methyl/N-ethyl adjacent to an activating group) is 2. The Bertz CT molecular complexity index is 1280. The molecular formula is C23H25N5O5. The van der Waals surface area contributed by atoms with Crippen LogP contribution in [0.3, 0.4) is 0 Å². The van der Waals surface area contributed by atoms with Crippen LogP contribution in [-0.4, -0.2) is 47.8 Å². The molecule has 1 aliphatic heterocycles. The number of aromatic nitrogens is 2. The van der Waals surface area contributed by atoms with Crippen LogP contribution >= 0.6 is 0 Å². The summed E-state index contributed by atoms with van der Waals surface area (Å²) < 4.78 is 12.0. The number of anilines is 2. The molecule has 0 aliphatic carbocycles. The average Bonchev–Trinajstić information content (AvgIpc) is 3.25. The van der Waals surface area contributed by atoms with E-state index in [1.807, 2.05) is 48.5 Å². The fraction of sp³-hybridized carbons (Fsp3) is 0.261. The van der Waals surface area contributed by atoms with E-state index in [9.17, 15) is 14.4 Å². The molecule has 3 N–H and O–H groups in total. The number of nitrogens with two attached hydrogens (primary N) is 1. The molecule has 0 fully saturated rings. The van der Waals surface area contributed by atoms with Crippen molar-refractivity contribution in [2.24, 2.45) is 0 Å². The molecule has 0 radical (unpaired) electrons. The monoisotopic (exact) mass is 451 g/mol. The summed E-state index contributed by atoms with van der Waals surface area (Å²) in [4.78, 5) is 43.1. The molecule has 0 atom stereocenters. The van der Waals surface area contributed by atoms with Crippen LogP contribution in [0.2, 0.25) is 0 Å². The molecule has 0 saturated heterocycles. The molecule has 33 heavy (non-hydrogen) atoms. The van der Waals surface area contributed by atoms with E-state index in [0.29, 0.717) is 18.0 Å². The number of nitrogens with zero attached hydrogens (tertiary/aromatic N) is 3. The van der Waals surface area contributed by atoms with Gasteiger partial charge < -0.3 is 20.1 Å². The van der Waals surface area contributed by atoms with Crippen LogP contribution in [-0.2, 0) is 17.9 Å². The Morgan fingerprint density at radius 2 is 1.79 bits per heavy atom. The van der Waals surface area contributed by atoms with Gasteiger partial charge in [0.05, 0.1) is 13.1 Å². The van der Waals surface area contributed by atoms with E-state index in [0.717, 1.165) is 11.1 Å². The first-order chi connectivity index (χ1) is 15.8. The zero-order valence-electron chi connectivity index (χ0n) is 18.4. The second-order valence-corrected chi connectivity index (χ2v) is 7.88. The maximum atomic E-state index is 12.9. The molecule has 0 bridgehead atoms. The first-order valence-electron chi connectivity index (χ1n) is 10.3. The topological polar surface area (TPSA) is 123 Å². The Kier molecular flexibility index (Phi) is 6.18. The Hall–Kier alpha value is -4.05. The number of fused-ring (bicyclic) bond motifs is 1. The van der Waals surface area contributed by atoms with E-state index in [-0.39, 0.29) is 37.3 Å². The van der Waals surface area contributed by atoms with Gasteiger partial charge in [-0.15, -0.1) is 0 Å². The summed E-state index contributed by atoms with van der Waals surface area (Å²) in [5.41, 5.74) is 6.56. The molecule has 2 heterocycles. The van der Waals surface area contributed by atoms with Crippen LogP contribution < -0.4 is 31.4 Å². The van der Waals surface area contributed by atoms with E-state index >= 15 is 0 Å². The molecule has 4 rings (SSSR count). The normalized spacial score (nSPS) is 12.2. The molecule has 1 aliphatic rings. The van der Waals surface area contributed by atoms with Gasteiger partial charge in [0.25, 0.3) is 5.56 Å². The third-order valence-electron chi connectivity index (χ3n) is 5.40. The van der Waals surface area contributed by atoms with Crippen LogP contribution in [0.25, 0.3) is 0 Å². The minimum Gasteiger partial charge on any atom is -0.454 e. The Morgan fingerprint density at radius 3 is 2.55 bits per heavy atom. The van der Waals surface area contributed by atoms with Gasteiger partial charge in [-0.2, -0.15) is 0 Å². The van der Waals surface area contributed by atoms with Gasteiger partial charge in [0.15, 0.2) is 17.2 Å². The van der Waals surface area contributed by atoms with Gasteiger partial charge in [-0.1, -0.05) is 36.4 Å². The molecule has 2 aromatic carbocycles. The number of H-pyrrole nitrogens is 1. The SMILES string of the molecule is CN(CC(=O)N(C)c1c(N)n(Cc2ccccc2)c(=O)[nH]c1=O)Cc1ccc2c(c1)OCO2. The van der Waals surface area contributed by atoms with Crippen molar-refractivity contribution >= 4 is 17.4 Å². The number of rotatable bonds is 7. The van der Waals surface area contributed by atoms with Crippen LogP contribution in [0.15, 0.2) is 58.1 Å². The standard InChI is InChI=1S/C23H25N5O5/c1-26(11-16-8-9-17-18(10-16)33-14-32-17)13-19(29)27(2)20-21(24)28(23(31)25-22(20)30)12-15-6-4-3-5-7-15/h3-10H,11-14,24H2,1-2H3,(H,25,30,31). The van der Waals surface area contributed by atoms with Crippen molar-refractivity contribution in [2.75, 3.05) is 38.1 Å². The maximum absolute atomic E-state index is 12.9. The van der Waals surface area contributed by atoms with Crippen LogP contribution in [0.4, 0.5) is 11.5 Å². The molecule has 3 aromatic rings. The molecule has 172 valence electrons. The molecule has 0 unspecified atom stereocenters. The number of amides is 1.